The third-order valence-corrected chi connectivity index (χ3v) is 5.66. The molecule has 1 aromatic rings. The van der Waals surface area contributed by atoms with Gasteiger partial charge in [-0.2, -0.15) is 0 Å². The molecular weight excluding hydrogens is 448 g/mol. The zero-order valence-corrected chi connectivity index (χ0v) is 17.6. The largest absolute Gasteiger partial charge is 0.402 e. The molecule has 9 atom stereocenters. The smallest absolute Gasteiger partial charge is 0.362 e. The molecule has 13 nitrogen and oxygen atoms in total. The second kappa shape index (κ2) is 9.85. The first kappa shape index (κ1) is 25.9. The summed E-state index contributed by atoms with van der Waals surface area (Å²) >= 11 is 0. The van der Waals surface area contributed by atoms with E-state index in [0.29, 0.717) is 0 Å². The zero-order valence-electron chi connectivity index (χ0n) is 17.6. The van der Waals surface area contributed by atoms with E-state index in [-0.39, 0.29) is 5.56 Å². The highest BCUT2D eigenvalue weighted by atomic mass is 16.9. The summed E-state index contributed by atoms with van der Waals surface area (Å²) in [6, 6.07) is 5.92. The summed E-state index contributed by atoms with van der Waals surface area (Å²) in [7, 11) is 0. The number of hydrogen-bond donors (Lipinski definition) is 8. The highest BCUT2D eigenvalue weighted by molar-refractivity contribution is 5.89. The minimum Gasteiger partial charge on any atom is -0.402 e. The van der Waals surface area contributed by atoms with Gasteiger partial charge >= 0.3 is 11.9 Å². The Morgan fingerprint density at radius 1 is 0.879 bits per heavy atom. The Morgan fingerprint density at radius 2 is 1.45 bits per heavy atom. The first-order valence-electron chi connectivity index (χ1n) is 10.1. The van der Waals surface area contributed by atoms with E-state index >= 15 is 0 Å². The summed E-state index contributed by atoms with van der Waals surface area (Å²) in [5.74, 6) is -6.79. The molecule has 13 heteroatoms. The van der Waals surface area contributed by atoms with E-state index in [1.54, 1.807) is 19.1 Å². The third kappa shape index (κ3) is 4.62. The molecule has 0 amide bonds. The summed E-state index contributed by atoms with van der Waals surface area (Å²) in [4.78, 5) is 12.8. The van der Waals surface area contributed by atoms with Crippen LogP contribution >= 0.6 is 0 Å². The molecule has 0 aliphatic carbocycles. The van der Waals surface area contributed by atoms with Crippen molar-refractivity contribution in [3.8, 4) is 0 Å². The topological polar surface area (TPSA) is 216 Å². The van der Waals surface area contributed by atoms with Gasteiger partial charge in [-0.05, 0) is 19.1 Å². The Balaban J connectivity index is 2.03. The van der Waals surface area contributed by atoms with Crippen LogP contribution in [0.3, 0.4) is 0 Å². The molecule has 0 bridgehead atoms. The predicted octanol–water partition coefficient (Wildman–Crippen LogP) is -3.90. The van der Waals surface area contributed by atoms with Crippen molar-refractivity contribution < 1.29 is 64.6 Å². The lowest BCUT2D eigenvalue weighted by molar-refractivity contribution is -0.496. The molecule has 2 fully saturated rings. The van der Waals surface area contributed by atoms with Crippen LogP contribution in [0.1, 0.15) is 15.9 Å². The molecule has 8 N–H and O–H groups in total. The van der Waals surface area contributed by atoms with Crippen LogP contribution in [0, 0.1) is 6.92 Å². The molecule has 186 valence electrons. The van der Waals surface area contributed by atoms with E-state index in [0.717, 1.165) is 5.56 Å². The van der Waals surface area contributed by atoms with Gasteiger partial charge in [0.05, 0.1) is 18.8 Å². The highest BCUT2D eigenvalue weighted by Crippen LogP contribution is 2.41. The SMILES string of the molecule is Cc1ccc(C(=O)O[C@@]2(OC3(CO)O[C@H](CO)[C@@H](O)[C@@H]3O)O[C@H](CO)[C@@H](O)[C@H](O)[C@H]2O)cc1. The molecule has 2 saturated heterocycles. The van der Waals surface area contributed by atoms with Crippen molar-refractivity contribution in [1.29, 1.82) is 0 Å². The van der Waals surface area contributed by atoms with Crippen molar-refractivity contribution in [2.24, 2.45) is 0 Å². The van der Waals surface area contributed by atoms with Gasteiger partial charge in [0.25, 0.3) is 0 Å². The van der Waals surface area contributed by atoms with Gasteiger partial charge in [-0.3, -0.25) is 4.74 Å². The fraction of sp³-hybridized carbons (Fsp3) is 0.650. The lowest BCUT2D eigenvalue weighted by atomic mass is 9.97. The molecule has 2 aliphatic rings. The number of aliphatic hydroxyl groups is 8. The zero-order chi connectivity index (χ0) is 24.6. The lowest BCUT2D eigenvalue weighted by Crippen LogP contribution is -2.70. The van der Waals surface area contributed by atoms with Crippen LogP contribution < -0.4 is 0 Å². The van der Waals surface area contributed by atoms with Crippen molar-refractivity contribution in [3.63, 3.8) is 0 Å². The number of ether oxygens (including phenoxy) is 4. The van der Waals surface area contributed by atoms with E-state index in [4.69, 9.17) is 18.9 Å². The highest BCUT2D eigenvalue weighted by Gasteiger charge is 2.65. The monoisotopic (exact) mass is 476 g/mol. The van der Waals surface area contributed by atoms with Crippen LogP contribution in [0.5, 0.6) is 0 Å². The fourth-order valence-corrected chi connectivity index (χ4v) is 3.67. The number of esters is 1. The summed E-state index contributed by atoms with van der Waals surface area (Å²) in [6.45, 7) is -1.15. The molecule has 33 heavy (non-hydrogen) atoms. The number of carbonyl (C=O) groups is 1. The van der Waals surface area contributed by atoms with Gasteiger partial charge in [-0.25, -0.2) is 4.79 Å². The number of rotatable bonds is 7. The summed E-state index contributed by atoms with van der Waals surface area (Å²) in [6.07, 6.45) is -13.2. The maximum atomic E-state index is 12.8. The molecule has 0 aromatic heterocycles. The molecule has 2 heterocycles. The van der Waals surface area contributed by atoms with Crippen LogP contribution in [-0.4, -0.2) is 121 Å². The maximum absolute atomic E-state index is 12.8. The van der Waals surface area contributed by atoms with Crippen molar-refractivity contribution >= 4 is 5.97 Å². The van der Waals surface area contributed by atoms with Gasteiger partial charge in [-0.15, -0.1) is 0 Å². The molecule has 1 aromatic carbocycles. The molecular formula is C20H28O13. The summed E-state index contributed by atoms with van der Waals surface area (Å²) < 4.78 is 21.4. The number of benzene rings is 1. The second-order valence-corrected chi connectivity index (χ2v) is 7.97. The van der Waals surface area contributed by atoms with Crippen molar-refractivity contribution in [1.82, 2.24) is 0 Å². The van der Waals surface area contributed by atoms with Gasteiger partial charge in [0.1, 0.15) is 43.2 Å². The van der Waals surface area contributed by atoms with Gasteiger partial charge in [-0.1, -0.05) is 17.7 Å². The minimum atomic E-state index is -3.04. The first-order valence-corrected chi connectivity index (χ1v) is 10.1. The Hall–Kier alpha value is -1.75. The van der Waals surface area contributed by atoms with Crippen molar-refractivity contribution in [2.45, 2.75) is 61.4 Å². The molecule has 0 spiro atoms. The fourth-order valence-electron chi connectivity index (χ4n) is 3.67. The van der Waals surface area contributed by atoms with Crippen LogP contribution in [0.4, 0.5) is 0 Å². The van der Waals surface area contributed by atoms with E-state index in [2.05, 4.69) is 0 Å². The quantitative estimate of drug-likeness (QED) is 0.140. The van der Waals surface area contributed by atoms with Crippen LogP contribution in [-0.2, 0) is 18.9 Å². The molecule has 0 saturated carbocycles. The van der Waals surface area contributed by atoms with Gasteiger partial charge < -0.3 is 55.1 Å². The summed E-state index contributed by atoms with van der Waals surface area (Å²) in [5.41, 5.74) is 0.774. The molecule has 3 rings (SSSR count). The second-order valence-electron chi connectivity index (χ2n) is 7.97. The third-order valence-electron chi connectivity index (χ3n) is 5.66. The Labute approximate surface area is 187 Å². The first-order chi connectivity index (χ1) is 15.5. The molecule has 2 aliphatic heterocycles. The van der Waals surface area contributed by atoms with Gasteiger partial charge in [0.2, 0.25) is 5.79 Å². The average molecular weight is 476 g/mol. The molecule has 0 radical (unpaired) electrons. The number of hydrogen-bond acceptors (Lipinski definition) is 13. The van der Waals surface area contributed by atoms with Crippen molar-refractivity contribution in [3.05, 3.63) is 35.4 Å². The van der Waals surface area contributed by atoms with E-state index in [1.165, 1.54) is 12.1 Å². The van der Waals surface area contributed by atoms with E-state index < -0.39 is 80.3 Å². The van der Waals surface area contributed by atoms with Gasteiger partial charge in [0.15, 0.2) is 6.10 Å². The van der Waals surface area contributed by atoms with E-state index in [9.17, 15) is 45.6 Å². The standard InChI is InChI=1S/C20H28O13/c1-9-2-4-10(5-3-9)18(29)32-20(17(28)15(26)13(24)11(6-21)31-20)33-19(8-23)16(27)14(25)12(7-22)30-19/h2-5,11-17,21-28H,6-8H2,1H3/t11-,12-,13-,14-,15+,16+,17-,19?,20+/m1/s1. The summed E-state index contributed by atoms with van der Waals surface area (Å²) in [5, 5.41) is 80.6. The number of carbonyl (C=O) groups excluding carboxylic acids is 1. The number of aryl methyl sites for hydroxylation is 1. The van der Waals surface area contributed by atoms with Crippen molar-refractivity contribution in [2.75, 3.05) is 19.8 Å². The van der Waals surface area contributed by atoms with Crippen LogP contribution in [0.15, 0.2) is 24.3 Å². The van der Waals surface area contributed by atoms with Crippen LogP contribution in [0.25, 0.3) is 0 Å². The Bertz CT molecular complexity index is 817. The average Bonchev–Trinajstić information content (AvgIpc) is 3.05. The lowest BCUT2D eigenvalue weighted by Gasteiger charge is -2.49. The van der Waals surface area contributed by atoms with Gasteiger partial charge in [0, 0.05) is 0 Å². The predicted molar refractivity (Wildman–Crippen MR) is 104 cm³/mol. The van der Waals surface area contributed by atoms with Crippen LogP contribution in [0.2, 0.25) is 0 Å². The Morgan fingerprint density at radius 3 is 1.97 bits per heavy atom. The number of aliphatic hydroxyl groups excluding tert-OH is 8. The Kier molecular flexibility index (Phi) is 7.72. The minimum absolute atomic E-state index is 0.0419. The van der Waals surface area contributed by atoms with E-state index in [1.807, 2.05) is 0 Å². The molecule has 1 unspecified atom stereocenters. The maximum Gasteiger partial charge on any atom is 0.362 e. The normalized spacial score (nSPS) is 41.2.